The van der Waals surface area contributed by atoms with E-state index in [9.17, 15) is 4.79 Å². The fraction of sp³-hybridized carbons (Fsp3) is 0.632. The lowest BCUT2D eigenvalue weighted by atomic mass is 9.60. The molecule has 0 radical (unpaired) electrons. The van der Waals surface area contributed by atoms with Crippen LogP contribution in [0.3, 0.4) is 0 Å². The Labute approximate surface area is 138 Å². The first-order valence-corrected chi connectivity index (χ1v) is 8.78. The van der Waals surface area contributed by atoms with Crippen molar-refractivity contribution >= 4 is 5.97 Å². The third-order valence-electron chi connectivity index (χ3n) is 5.78. The molecule has 4 atom stereocenters. The Morgan fingerprint density at radius 1 is 1.35 bits per heavy atom. The van der Waals surface area contributed by atoms with E-state index in [-0.39, 0.29) is 11.5 Å². The molecule has 1 fully saturated rings. The van der Waals surface area contributed by atoms with Crippen molar-refractivity contribution in [2.24, 2.45) is 17.4 Å². The summed E-state index contributed by atoms with van der Waals surface area (Å²) in [4.78, 5) is 11.8. The van der Waals surface area contributed by atoms with Gasteiger partial charge in [-0.25, -0.2) is 4.79 Å². The van der Waals surface area contributed by atoms with Crippen LogP contribution in [0.4, 0.5) is 0 Å². The minimum atomic E-state index is -0.616. The first-order chi connectivity index (χ1) is 10.9. The van der Waals surface area contributed by atoms with Gasteiger partial charge in [-0.2, -0.15) is 0 Å². The van der Waals surface area contributed by atoms with Crippen molar-refractivity contribution in [1.29, 1.82) is 0 Å². The molecule has 0 saturated heterocycles. The van der Waals surface area contributed by atoms with Gasteiger partial charge in [0.05, 0.1) is 0 Å². The zero-order valence-corrected chi connectivity index (χ0v) is 14.2. The van der Waals surface area contributed by atoms with E-state index in [0.29, 0.717) is 11.7 Å². The van der Waals surface area contributed by atoms with Gasteiger partial charge in [0.25, 0.3) is 0 Å². The van der Waals surface area contributed by atoms with E-state index in [1.165, 1.54) is 36.8 Å². The number of carbonyl (C=O) groups excluding carboxylic acids is 1. The molecule has 0 aliphatic heterocycles. The molecular weight excluding hydrogens is 288 g/mol. The van der Waals surface area contributed by atoms with Gasteiger partial charge >= 0.3 is 5.97 Å². The summed E-state index contributed by atoms with van der Waals surface area (Å²) in [5.41, 5.74) is 14.9. The number of esters is 1. The van der Waals surface area contributed by atoms with Crippen LogP contribution < -0.4 is 16.2 Å². The number of rotatable bonds is 2. The number of hydrogen-bond donors (Lipinski definition) is 2. The van der Waals surface area contributed by atoms with E-state index in [1.807, 2.05) is 12.1 Å². The number of fused-ring (bicyclic) bond motifs is 4. The van der Waals surface area contributed by atoms with Crippen molar-refractivity contribution in [2.45, 2.75) is 69.9 Å². The quantitative estimate of drug-likeness (QED) is 0.649. The van der Waals surface area contributed by atoms with E-state index in [1.54, 1.807) is 6.92 Å². The third kappa shape index (κ3) is 3.02. The van der Waals surface area contributed by atoms with Crippen LogP contribution in [0.15, 0.2) is 18.2 Å². The van der Waals surface area contributed by atoms with Crippen LogP contribution in [0.25, 0.3) is 0 Å². The number of benzene rings is 1. The molecule has 2 bridgehead atoms. The highest BCUT2D eigenvalue weighted by Gasteiger charge is 2.43. The van der Waals surface area contributed by atoms with E-state index >= 15 is 0 Å². The molecule has 0 spiro atoms. The van der Waals surface area contributed by atoms with Crippen molar-refractivity contribution in [3.63, 3.8) is 0 Å². The second kappa shape index (κ2) is 6.25. The fourth-order valence-electron chi connectivity index (χ4n) is 4.31. The first kappa shape index (κ1) is 16.5. The van der Waals surface area contributed by atoms with Gasteiger partial charge in [0.1, 0.15) is 11.8 Å². The van der Waals surface area contributed by atoms with Gasteiger partial charge < -0.3 is 16.2 Å². The smallest absolute Gasteiger partial charge is 0.328 e. The van der Waals surface area contributed by atoms with Gasteiger partial charge in [-0.15, -0.1) is 0 Å². The zero-order valence-electron chi connectivity index (χ0n) is 14.2. The van der Waals surface area contributed by atoms with E-state index in [4.69, 9.17) is 16.2 Å². The largest absolute Gasteiger partial charge is 0.425 e. The van der Waals surface area contributed by atoms with Crippen LogP contribution in [0.1, 0.15) is 57.1 Å². The van der Waals surface area contributed by atoms with Gasteiger partial charge in [-0.05, 0) is 55.4 Å². The van der Waals surface area contributed by atoms with Crippen molar-refractivity contribution in [2.75, 3.05) is 0 Å². The minimum absolute atomic E-state index is 0.0323. The van der Waals surface area contributed by atoms with Crippen LogP contribution in [0, 0.1) is 5.92 Å². The first-order valence-electron chi connectivity index (χ1n) is 8.78. The highest BCUT2D eigenvalue weighted by molar-refractivity contribution is 5.77. The summed E-state index contributed by atoms with van der Waals surface area (Å²) >= 11 is 0. The van der Waals surface area contributed by atoms with Gasteiger partial charge in [0, 0.05) is 11.5 Å². The minimum Gasteiger partial charge on any atom is -0.425 e. The topological polar surface area (TPSA) is 78.3 Å². The summed E-state index contributed by atoms with van der Waals surface area (Å²) < 4.78 is 5.41. The van der Waals surface area contributed by atoms with Crippen LogP contribution >= 0.6 is 0 Å². The Kier molecular flexibility index (Phi) is 4.47. The summed E-state index contributed by atoms with van der Waals surface area (Å²) in [5, 5.41) is 0. The van der Waals surface area contributed by atoms with Gasteiger partial charge in [-0.3, -0.25) is 0 Å². The molecule has 23 heavy (non-hydrogen) atoms. The zero-order chi connectivity index (χ0) is 16.6. The van der Waals surface area contributed by atoms with Crippen LogP contribution in [0.2, 0.25) is 0 Å². The Balaban J connectivity index is 1.97. The maximum absolute atomic E-state index is 11.8. The summed E-state index contributed by atoms with van der Waals surface area (Å²) in [6, 6.07) is 5.58. The average Bonchev–Trinajstić information content (AvgIpc) is 2.52. The molecule has 4 nitrogen and oxygen atoms in total. The number of hydrogen-bond acceptors (Lipinski definition) is 4. The lowest BCUT2D eigenvalue weighted by Crippen LogP contribution is -2.52. The maximum Gasteiger partial charge on any atom is 0.328 e. The molecule has 2 aliphatic carbocycles. The number of carbonyl (C=O) groups is 1. The molecule has 1 aromatic rings. The standard InChI is InChI=1S/C19H28N2O2/c1-12(20)18(22)23-15-8-7-13-10-14-6-4-3-5-9-19(2,17(14)21)16(13)11-15/h7-8,11-12,14,17H,3-6,9-10,20-21H2,1-2H3/t12-,14-,17-,19+/m0/s1. The molecule has 0 heterocycles. The maximum atomic E-state index is 11.8. The summed E-state index contributed by atoms with van der Waals surface area (Å²) in [7, 11) is 0. The molecule has 1 aromatic carbocycles. The molecular formula is C19H28N2O2. The predicted molar refractivity (Wildman–Crippen MR) is 91.3 cm³/mol. The summed E-state index contributed by atoms with van der Waals surface area (Å²) in [5.74, 6) is 0.746. The molecule has 0 aromatic heterocycles. The molecule has 126 valence electrons. The average molecular weight is 316 g/mol. The van der Waals surface area contributed by atoms with Crippen molar-refractivity contribution in [3.05, 3.63) is 29.3 Å². The Hall–Kier alpha value is -1.39. The summed E-state index contributed by atoms with van der Waals surface area (Å²) in [6.07, 6.45) is 7.13. The lowest BCUT2D eigenvalue weighted by molar-refractivity contribution is -0.135. The van der Waals surface area contributed by atoms with Crippen molar-refractivity contribution < 1.29 is 9.53 Å². The lowest BCUT2D eigenvalue weighted by Gasteiger charge is -2.47. The number of nitrogens with two attached hydrogens (primary N) is 2. The van der Waals surface area contributed by atoms with Crippen LogP contribution in [-0.4, -0.2) is 18.1 Å². The Bertz CT molecular complexity index is 599. The molecule has 4 N–H and O–H groups in total. The Morgan fingerprint density at radius 3 is 2.87 bits per heavy atom. The molecule has 2 aliphatic rings. The van der Waals surface area contributed by atoms with Gasteiger partial charge in [0.2, 0.25) is 0 Å². The molecule has 1 saturated carbocycles. The normalized spacial score (nSPS) is 31.5. The monoisotopic (exact) mass is 316 g/mol. The molecule has 0 amide bonds. The highest BCUT2D eigenvalue weighted by Crippen LogP contribution is 2.46. The van der Waals surface area contributed by atoms with Crippen molar-refractivity contribution in [3.8, 4) is 5.75 Å². The van der Waals surface area contributed by atoms with Crippen molar-refractivity contribution in [1.82, 2.24) is 0 Å². The van der Waals surface area contributed by atoms with E-state index in [0.717, 1.165) is 12.8 Å². The van der Waals surface area contributed by atoms with Gasteiger partial charge in [-0.1, -0.05) is 32.3 Å². The number of ether oxygens (including phenoxy) is 1. The van der Waals surface area contributed by atoms with Crippen LogP contribution in [-0.2, 0) is 16.6 Å². The van der Waals surface area contributed by atoms with E-state index in [2.05, 4.69) is 13.0 Å². The summed E-state index contributed by atoms with van der Waals surface area (Å²) in [6.45, 7) is 3.92. The second-order valence-electron chi connectivity index (χ2n) is 7.54. The fourth-order valence-corrected chi connectivity index (χ4v) is 4.31. The highest BCUT2D eigenvalue weighted by atomic mass is 16.5. The van der Waals surface area contributed by atoms with Crippen LogP contribution in [0.5, 0.6) is 5.75 Å². The van der Waals surface area contributed by atoms with Gasteiger partial charge in [0.15, 0.2) is 0 Å². The van der Waals surface area contributed by atoms with E-state index < -0.39 is 12.0 Å². The molecule has 3 rings (SSSR count). The molecule has 4 heteroatoms. The Morgan fingerprint density at radius 2 is 2.13 bits per heavy atom. The molecule has 0 unspecified atom stereocenters. The SMILES string of the molecule is C[C@H](N)C(=O)Oc1ccc2c(c1)[C@@]1(C)CCCCC[C@@H](C2)[C@@H]1N. The third-order valence-corrected chi connectivity index (χ3v) is 5.78. The predicted octanol–water partition coefficient (Wildman–Crippen LogP) is 2.66. The second-order valence-corrected chi connectivity index (χ2v) is 7.54.